The summed E-state index contributed by atoms with van der Waals surface area (Å²) in [6, 6.07) is 15.1. The number of likely N-dealkylation sites (N-methyl/N-ethyl adjacent to an activating group) is 1. The van der Waals surface area contributed by atoms with Crippen LogP contribution in [-0.2, 0) is 50.9 Å². The minimum Gasteiger partial charge on any atom is -1.00 e. The van der Waals surface area contributed by atoms with Crippen molar-refractivity contribution >= 4 is 25.4 Å². The Morgan fingerprint density at radius 3 is 2.43 bits per heavy atom. The maximum absolute atomic E-state index is 15.1. The monoisotopic (exact) mass is 1070 g/mol. The quantitative estimate of drug-likeness (QED) is 0.0383. The first-order valence-corrected chi connectivity index (χ1v) is 28.7. The van der Waals surface area contributed by atoms with E-state index in [1.54, 1.807) is 38.4 Å². The van der Waals surface area contributed by atoms with Crippen molar-refractivity contribution in [3.8, 4) is 5.75 Å². The van der Waals surface area contributed by atoms with Crippen LogP contribution in [0, 0.1) is 34.5 Å². The number of phosphoric ester groups is 1. The largest absolute Gasteiger partial charge is 1.00 e. The predicted octanol–water partition coefficient (Wildman–Crippen LogP) is 5.02. The van der Waals surface area contributed by atoms with E-state index in [-0.39, 0.29) is 77.5 Å². The van der Waals surface area contributed by atoms with Crippen LogP contribution in [-0.4, -0.2) is 120 Å². The van der Waals surface area contributed by atoms with Crippen molar-refractivity contribution in [2.45, 2.75) is 153 Å². The third-order valence-electron chi connectivity index (χ3n) is 17.5. The second kappa shape index (κ2) is 25.0. The average Bonchev–Trinajstić information content (AvgIpc) is 3.85. The Kier molecular flexibility index (Phi) is 19.7. The Hall–Kier alpha value is -3.31. The molecule has 5 aliphatic carbocycles. The van der Waals surface area contributed by atoms with E-state index in [1.807, 2.05) is 12.1 Å². The van der Waals surface area contributed by atoms with Crippen molar-refractivity contribution in [1.29, 1.82) is 0 Å². The summed E-state index contributed by atoms with van der Waals surface area (Å²) in [6.07, 6.45) is 17.2. The predicted molar refractivity (Wildman–Crippen MR) is 275 cm³/mol. The molecule has 15 nitrogen and oxygen atoms in total. The summed E-state index contributed by atoms with van der Waals surface area (Å²) < 4.78 is 42.7. The fourth-order valence-corrected chi connectivity index (χ4v) is 14.4. The molecular formula is C57H82ClN2O13P. The van der Waals surface area contributed by atoms with Gasteiger partial charge in [0.2, 0.25) is 5.78 Å². The number of fused-ring (bicyclic) bond motifs is 7. The van der Waals surface area contributed by atoms with Gasteiger partial charge in [0.05, 0.1) is 32.4 Å². The van der Waals surface area contributed by atoms with Gasteiger partial charge >= 0.3 is 13.8 Å². The van der Waals surface area contributed by atoms with Crippen LogP contribution in [0.25, 0.3) is 0 Å². The second-order valence-electron chi connectivity index (χ2n) is 23.2. The van der Waals surface area contributed by atoms with Crippen LogP contribution < -0.4 is 22.2 Å². The summed E-state index contributed by atoms with van der Waals surface area (Å²) >= 11 is 0. The molecule has 0 amide bonds. The molecule has 8 rings (SSSR count). The zero-order chi connectivity index (χ0) is 52.0. The topological polar surface area (TPSA) is 207 Å². The van der Waals surface area contributed by atoms with Crippen LogP contribution in [0.15, 0.2) is 72.3 Å². The van der Waals surface area contributed by atoms with E-state index in [2.05, 4.69) is 43.4 Å². The van der Waals surface area contributed by atoms with Gasteiger partial charge in [-0.2, -0.15) is 0 Å². The SMILES string of the molecule is C[C@]12C=CC(=O)C=C1CC[C@@H]1[C@@H]2[C@@H](O)C[C@@]2(C)[C@H]1C[C@H]1O[C@@H](C3CCCCC3)O[C@]12C(=O)COC(=O)C[N+](C)(C)Cc1cc(C(O)CNCCCCCCOCCCCc2ccccc2)ccc1OP(=O)(O)O.[Cl-]. The standard InChI is InChI=1S/C57H81N2O13P.ClH/c1-55-27-26-44(60)32-43(55)23-24-45-46-33-51-57(56(46,2)34-47(61)53(45)55,71-54(70-51)40-20-11-8-12-21-40)50(63)38-69-52(64)37-59(3,4)36-42-31-41(22-25-49(42)72-73(65,66)67)48(62)35-58-28-14-5-6-15-29-68-30-16-13-19-39-17-9-7-10-18-39;/h7,9-10,17-18,22,25-27,31-32,40,45-48,51,53-54,58,61-62H,5-6,8,11-16,19-21,23-24,28-30,33-38H2,1-4H3,(H-,65,66,67);1H/t45-,46-,47-,48?,51+,53+,54+,55-,56-,57+;/m0./s1. The number of benzene rings is 2. The van der Waals surface area contributed by atoms with E-state index in [0.717, 1.165) is 109 Å². The summed E-state index contributed by atoms with van der Waals surface area (Å²) in [7, 11) is -1.45. The van der Waals surface area contributed by atoms with Gasteiger partial charge in [-0.3, -0.25) is 19.4 Å². The van der Waals surface area contributed by atoms with Gasteiger partial charge in [-0.1, -0.05) is 94.0 Å². The number of hydrogen-bond donors (Lipinski definition) is 5. The zero-order valence-electron chi connectivity index (χ0n) is 44.0. The first kappa shape index (κ1) is 58.4. The summed E-state index contributed by atoms with van der Waals surface area (Å²) in [6.45, 7) is 5.99. The number of quaternary nitrogens is 1. The Balaban J connectivity index is 0.00000800. The number of halogens is 1. The molecule has 0 spiro atoms. The highest BCUT2D eigenvalue weighted by molar-refractivity contribution is 7.46. The molecule has 17 heteroatoms. The van der Waals surface area contributed by atoms with Crippen LogP contribution in [0.4, 0.5) is 0 Å². The van der Waals surface area contributed by atoms with Gasteiger partial charge in [0.15, 0.2) is 30.8 Å². The molecule has 2 aromatic carbocycles. The second-order valence-corrected chi connectivity index (χ2v) is 24.3. The number of phosphoric acid groups is 1. The highest BCUT2D eigenvalue weighted by atomic mass is 35.5. The van der Waals surface area contributed by atoms with Crippen LogP contribution >= 0.6 is 7.82 Å². The van der Waals surface area contributed by atoms with Crippen LogP contribution in [0.2, 0.25) is 0 Å². The zero-order valence-corrected chi connectivity index (χ0v) is 45.6. The minimum absolute atomic E-state index is 0. The highest BCUT2D eigenvalue weighted by Crippen LogP contribution is 2.70. The summed E-state index contributed by atoms with van der Waals surface area (Å²) in [5.74, 6) is -1.15. The molecule has 5 N–H and O–H groups in total. The lowest BCUT2D eigenvalue weighted by Gasteiger charge is -2.59. The lowest BCUT2D eigenvalue weighted by atomic mass is 9.46. The van der Waals surface area contributed by atoms with Gasteiger partial charge < -0.3 is 55.9 Å². The van der Waals surface area contributed by atoms with Gasteiger partial charge in [0.25, 0.3) is 0 Å². The minimum atomic E-state index is -4.97. The molecule has 10 atom stereocenters. The number of allylic oxidation sites excluding steroid dienone is 4. The van der Waals surface area contributed by atoms with Gasteiger partial charge in [0, 0.05) is 48.0 Å². The smallest absolute Gasteiger partial charge is 0.524 e. The summed E-state index contributed by atoms with van der Waals surface area (Å²) in [4.78, 5) is 60.9. The number of unbranched alkanes of at least 4 members (excludes halogenated alkanes) is 4. The lowest BCUT2D eigenvalue weighted by Crippen LogP contribution is -3.00. The third kappa shape index (κ3) is 13.3. The van der Waals surface area contributed by atoms with E-state index >= 15 is 4.79 Å². The maximum Gasteiger partial charge on any atom is 0.524 e. The number of nitrogens with zero attached hydrogens (tertiary/aromatic N) is 1. The molecule has 1 unspecified atom stereocenters. The number of carbonyl (C=O) groups excluding carboxylic acids is 3. The highest BCUT2D eigenvalue weighted by Gasteiger charge is 2.76. The number of aliphatic hydroxyl groups is 2. The molecule has 74 heavy (non-hydrogen) atoms. The van der Waals surface area contributed by atoms with Crippen molar-refractivity contribution in [3.63, 3.8) is 0 Å². The number of ketones is 2. The Morgan fingerprint density at radius 2 is 1.69 bits per heavy atom. The molecule has 6 aliphatic rings. The fraction of sp³-hybridized carbons (Fsp3) is 0.667. The number of hydrogen-bond acceptors (Lipinski definition) is 12. The molecule has 1 saturated heterocycles. The van der Waals surface area contributed by atoms with E-state index in [0.29, 0.717) is 30.5 Å². The van der Waals surface area contributed by atoms with Gasteiger partial charge in [-0.15, -0.1) is 0 Å². The molecule has 0 bridgehead atoms. The van der Waals surface area contributed by atoms with Crippen molar-refractivity contribution in [2.24, 2.45) is 34.5 Å². The van der Waals surface area contributed by atoms with Crippen molar-refractivity contribution < 1.29 is 79.3 Å². The molecule has 410 valence electrons. The number of aryl methyl sites for hydroxylation is 1. The summed E-state index contributed by atoms with van der Waals surface area (Å²) in [5.41, 5.74) is 0.524. The van der Waals surface area contributed by atoms with E-state index < -0.39 is 61.4 Å². The molecule has 0 aromatic heterocycles. The van der Waals surface area contributed by atoms with Crippen molar-refractivity contribution in [1.82, 2.24) is 5.32 Å². The fourth-order valence-electron chi connectivity index (χ4n) is 14.0. The number of nitrogens with one attached hydrogen (secondary N) is 1. The van der Waals surface area contributed by atoms with Crippen LogP contribution in [0.5, 0.6) is 5.75 Å². The number of Topliss-reactive ketones (excluding diaryl/α,β-unsaturated/α-hetero) is 1. The van der Waals surface area contributed by atoms with Gasteiger partial charge in [-0.05, 0) is 124 Å². The first-order valence-electron chi connectivity index (χ1n) is 27.2. The maximum atomic E-state index is 15.1. The Bertz CT molecular complexity index is 2360. The van der Waals surface area contributed by atoms with Crippen LogP contribution in [0.1, 0.15) is 133 Å². The van der Waals surface area contributed by atoms with E-state index in [1.165, 1.54) is 11.6 Å². The van der Waals surface area contributed by atoms with Gasteiger partial charge in [0.1, 0.15) is 12.3 Å². The number of carbonyl (C=O) groups is 3. The number of aliphatic hydroxyl groups excluding tert-OH is 2. The van der Waals surface area contributed by atoms with Crippen molar-refractivity contribution in [2.75, 3.05) is 53.6 Å². The summed E-state index contributed by atoms with van der Waals surface area (Å²) in [5, 5.41) is 26.7. The van der Waals surface area contributed by atoms with Crippen molar-refractivity contribution in [3.05, 3.63) is 89.0 Å². The third-order valence-corrected chi connectivity index (χ3v) is 17.9. The molecule has 1 aliphatic heterocycles. The number of ether oxygens (including phenoxy) is 4. The number of esters is 1. The average molecular weight is 1070 g/mol. The molecule has 0 radical (unpaired) electrons. The van der Waals surface area contributed by atoms with Gasteiger partial charge in [-0.25, -0.2) is 9.36 Å². The molecule has 2 aromatic rings. The van der Waals surface area contributed by atoms with Crippen LogP contribution in [0.3, 0.4) is 0 Å². The molecule has 4 saturated carbocycles. The Morgan fingerprint density at radius 1 is 0.959 bits per heavy atom. The number of rotatable bonds is 25. The van der Waals surface area contributed by atoms with E-state index in [4.69, 9.17) is 23.5 Å². The first-order chi connectivity index (χ1) is 34.8. The molecule has 1 heterocycles. The molecular weight excluding hydrogens is 987 g/mol. The van der Waals surface area contributed by atoms with E-state index in [9.17, 15) is 34.2 Å². The normalized spacial score (nSPS) is 30.1. The molecule has 5 fully saturated rings. The Labute approximate surface area is 444 Å². The lowest BCUT2D eigenvalue weighted by molar-refractivity contribution is -0.896.